The van der Waals surface area contributed by atoms with E-state index in [1.807, 2.05) is 0 Å². The molecular weight excluding hydrogens is 366 g/mol. The molecular formula is C21H20ClNO2S. The molecule has 0 radical (unpaired) electrons. The highest BCUT2D eigenvalue weighted by atomic mass is 35.5. The molecule has 0 aliphatic carbocycles. The molecule has 0 fully saturated rings. The minimum absolute atomic E-state index is 0.599. The number of likely N-dealkylation sites (N-methyl/N-ethyl adjacent to an activating group) is 1. The molecule has 0 amide bonds. The van der Waals surface area contributed by atoms with Crippen LogP contribution in [0.2, 0.25) is 5.02 Å². The fraction of sp³-hybridized carbons (Fsp3) is 0.238. The highest BCUT2D eigenvalue weighted by molar-refractivity contribution is 8.10. The van der Waals surface area contributed by atoms with Crippen LogP contribution in [0.1, 0.15) is 5.56 Å². The van der Waals surface area contributed by atoms with Gasteiger partial charge in [-0.3, -0.25) is 0 Å². The molecule has 4 rings (SSSR count). The van der Waals surface area contributed by atoms with Gasteiger partial charge in [-0.25, -0.2) is 0 Å². The number of ether oxygens (including phenoxy) is 1. The lowest BCUT2D eigenvalue weighted by Crippen LogP contribution is -2.20. The Morgan fingerprint density at radius 2 is 2.04 bits per heavy atom. The molecule has 1 aromatic heterocycles. The van der Waals surface area contributed by atoms with Gasteiger partial charge < -0.3 is 14.1 Å². The molecule has 3 aromatic rings. The number of fused-ring (bicyclic) bond motifs is 5. The zero-order valence-electron chi connectivity index (χ0n) is 14.8. The summed E-state index contributed by atoms with van der Waals surface area (Å²) in [6, 6.07) is 10.2. The maximum absolute atomic E-state index is 6.40. The second kappa shape index (κ2) is 7.49. The monoisotopic (exact) mass is 385 g/mol. The molecule has 5 heteroatoms. The zero-order valence-corrected chi connectivity index (χ0v) is 16.4. The molecule has 0 bridgehead atoms. The topological polar surface area (TPSA) is 25.6 Å². The van der Waals surface area contributed by atoms with E-state index in [1.54, 1.807) is 24.1 Å². The van der Waals surface area contributed by atoms with Crippen LogP contribution in [-0.2, 0) is 4.74 Å². The van der Waals surface area contributed by atoms with Gasteiger partial charge in [0.2, 0.25) is 0 Å². The van der Waals surface area contributed by atoms with Crippen LogP contribution in [0.4, 0.5) is 0 Å². The van der Waals surface area contributed by atoms with Crippen molar-refractivity contribution in [1.82, 2.24) is 4.90 Å². The van der Waals surface area contributed by atoms with Crippen molar-refractivity contribution in [2.45, 2.75) is 0 Å². The maximum atomic E-state index is 6.40. The van der Waals surface area contributed by atoms with Crippen molar-refractivity contribution in [1.29, 1.82) is 0 Å². The van der Waals surface area contributed by atoms with Crippen molar-refractivity contribution in [3.05, 3.63) is 57.8 Å². The molecule has 0 saturated carbocycles. The summed E-state index contributed by atoms with van der Waals surface area (Å²) in [5, 5.41) is 7.22. The van der Waals surface area contributed by atoms with Gasteiger partial charge in [-0.2, -0.15) is 0 Å². The largest absolute Gasteiger partial charge is 0.464 e. The average molecular weight is 386 g/mol. The lowest BCUT2D eigenvalue weighted by Gasteiger charge is -2.13. The van der Waals surface area contributed by atoms with E-state index in [4.69, 9.17) is 20.8 Å². The van der Waals surface area contributed by atoms with E-state index < -0.39 is 0 Å². The molecule has 3 nitrogen and oxygen atoms in total. The van der Waals surface area contributed by atoms with Crippen molar-refractivity contribution in [2.75, 3.05) is 33.9 Å². The second-order valence-corrected chi connectivity index (χ2v) is 7.95. The van der Waals surface area contributed by atoms with Crippen LogP contribution in [0, 0.1) is 0 Å². The SMILES string of the molecule is CN(C)CCOCC1=c2c(cccc3c2cc2c(Cl)ccoc23)C=CS1. The first-order valence-corrected chi connectivity index (χ1v) is 9.78. The van der Waals surface area contributed by atoms with Crippen molar-refractivity contribution < 1.29 is 9.15 Å². The number of halogens is 1. The van der Waals surface area contributed by atoms with E-state index in [-0.39, 0.29) is 0 Å². The fourth-order valence-corrected chi connectivity index (χ4v) is 4.25. The summed E-state index contributed by atoms with van der Waals surface area (Å²) in [7, 11) is 4.10. The number of hydrogen-bond acceptors (Lipinski definition) is 4. The van der Waals surface area contributed by atoms with Crippen molar-refractivity contribution in [3.63, 3.8) is 0 Å². The van der Waals surface area contributed by atoms with Gasteiger partial charge in [0.1, 0.15) is 5.58 Å². The van der Waals surface area contributed by atoms with Gasteiger partial charge in [0.25, 0.3) is 0 Å². The molecule has 0 atom stereocenters. The first-order chi connectivity index (χ1) is 12.6. The Balaban J connectivity index is 1.90. The number of hydrogen-bond donors (Lipinski definition) is 0. The second-order valence-electron chi connectivity index (χ2n) is 6.54. The van der Waals surface area contributed by atoms with Crippen LogP contribution in [0.3, 0.4) is 0 Å². The third-order valence-electron chi connectivity index (χ3n) is 4.48. The maximum Gasteiger partial charge on any atom is 0.143 e. The van der Waals surface area contributed by atoms with Crippen molar-refractivity contribution >= 4 is 56.1 Å². The third-order valence-corrected chi connectivity index (χ3v) is 5.68. The minimum Gasteiger partial charge on any atom is -0.464 e. The molecule has 2 heterocycles. The Hall–Kier alpha value is -1.72. The first-order valence-electron chi connectivity index (χ1n) is 8.53. The Morgan fingerprint density at radius 3 is 2.88 bits per heavy atom. The van der Waals surface area contributed by atoms with Crippen LogP contribution >= 0.6 is 23.4 Å². The summed E-state index contributed by atoms with van der Waals surface area (Å²) < 4.78 is 11.7. The third kappa shape index (κ3) is 3.30. The average Bonchev–Trinajstić information content (AvgIpc) is 2.88. The number of thioether (sulfide) groups is 1. The highest BCUT2D eigenvalue weighted by Crippen LogP contribution is 2.33. The fourth-order valence-electron chi connectivity index (χ4n) is 3.19. The molecule has 0 N–H and O–H groups in total. The van der Waals surface area contributed by atoms with Gasteiger partial charge in [0, 0.05) is 27.4 Å². The van der Waals surface area contributed by atoms with Crippen molar-refractivity contribution in [2.24, 2.45) is 0 Å². The molecule has 0 saturated heterocycles. The number of nitrogens with zero attached hydrogens (tertiary/aromatic N) is 1. The quantitative estimate of drug-likeness (QED) is 0.582. The summed E-state index contributed by atoms with van der Waals surface area (Å²) in [6.45, 7) is 2.22. The summed E-state index contributed by atoms with van der Waals surface area (Å²) in [6.07, 6.45) is 3.80. The predicted molar refractivity (Wildman–Crippen MR) is 112 cm³/mol. The molecule has 134 valence electrons. The summed E-state index contributed by atoms with van der Waals surface area (Å²) >= 11 is 8.12. The lowest BCUT2D eigenvalue weighted by atomic mass is 10.1. The summed E-state index contributed by atoms with van der Waals surface area (Å²) in [5.74, 6) is 0. The van der Waals surface area contributed by atoms with Crippen LogP contribution in [0.5, 0.6) is 0 Å². The molecule has 2 aromatic carbocycles. The van der Waals surface area contributed by atoms with Gasteiger partial charge >= 0.3 is 0 Å². The van der Waals surface area contributed by atoms with Gasteiger partial charge in [-0.1, -0.05) is 41.6 Å². The van der Waals surface area contributed by atoms with Gasteiger partial charge in [0.05, 0.1) is 24.5 Å². The normalized spacial score (nSPS) is 13.8. The Kier molecular flexibility index (Phi) is 5.09. The predicted octanol–water partition coefficient (Wildman–Crippen LogP) is 4.92. The highest BCUT2D eigenvalue weighted by Gasteiger charge is 2.14. The van der Waals surface area contributed by atoms with E-state index in [2.05, 4.69) is 54.7 Å². The minimum atomic E-state index is 0.599. The number of rotatable bonds is 5. The molecule has 0 unspecified atom stereocenters. The van der Waals surface area contributed by atoms with Crippen LogP contribution in [-0.4, -0.2) is 38.8 Å². The van der Waals surface area contributed by atoms with E-state index in [1.165, 1.54) is 15.7 Å². The molecule has 1 aliphatic heterocycles. The summed E-state index contributed by atoms with van der Waals surface area (Å²) in [5.41, 5.74) is 2.02. The van der Waals surface area contributed by atoms with Crippen molar-refractivity contribution in [3.8, 4) is 0 Å². The van der Waals surface area contributed by atoms with Gasteiger partial charge in [-0.15, -0.1) is 0 Å². The van der Waals surface area contributed by atoms with Crippen LogP contribution in [0.25, 0.3) is 32.7 Å². The van der Waals surface area contributed by atoms with Gasteiger partial charge in [-0.05, 0) is 48.7 Å². The smallest absolute Gasteiger partial charge is 0.143 e. The first kappa shape index (κ1) is 17.7. The van der Waals surface area contributed by atoms with E-state index >= 15 is 0 Å². The summed E-state index contributed by atoms with van der Waals surface area (Å²) in [4.78, 5) is 3.34. The van der Waals surface area contributed by atoms with Crippen LogP contribution < -0.4 is 5.22 Å². The Labute approximate surface area is 161 Å². The Morgan fingerprint density at radius 1 is 1.15 bits per heavy atom. The molecule has 0 spiro atoms. The molecule has 26 heavy (non-hydrogen) atoms. The lowest BCUT2D eigenvalue weighted by molar-refractivity contribution is 0.147. The van der Waals surface area contributed by atoms with E-state index in [0.29, 0.717) is 18.2 Å². The Bertz CT molecular complexity index is 1070. The van der Waals surface area contributed by atoms with E-state index in [9.17, 15) is 0 Å². The molecule has 1 aliphatic rings. The van der Waals surface area contributed by atoms with E-state index in [0.717, 1.165) is 28.3 Å². The van der Waals surface area contributed by atoms with Gasteiger partial charge in [0.15, 0.2) is 0 Å². The van der Waals surface area contributed by atoms with Crippen LogP contribution in [0.15, 0.2) is 46.4 Å². The standard InChI is InChI=1S/C21H20ClNO2S/c1-23(2)8-10-24-13-19-20-14(7-11-26-19)4-3-5-15-16(20)12-17-18(22)6-9-25-21(15)17/h3-7,9,11-12H,8,10,13H2,1-2H3. The zero-order chi connectivity index (χ0) is 18.1.